The Morgan fingerprint density at radius 2 is 2.07 bits per heavy atom. The fourth-order valence-electron chi connectivity index (χ4n) is 2.76. The third-order valence-electron chi connectivity index (χ3n) is 4.10. The summed E-state index contributed by atoms with van der Waals surface area (Å²) in [5.74, 6) is 1.42. The molecule has 4 rings (SSSR count). The summed E-state index contributed by atoms with van der Waals surface area (Å²) < 4.78 is 7.41. The van der Waals surface area contributed by atoms with Crippen LogP contribution in [0.1, 0.15) is 21.9 Å². The highest BCUT2D eigenvalue weighted by Gasteiger charge is 2.13. The van der Waals surface area contributed by atoms with E-state index in [1.807, 2.05) is 30.5 Å². The van der Waals surface area contributed by atoms with E-state index in [-0.39, 0.29) is 5.91 Å². The number of amides is 1. The monoisotopic (exact) mass is 378 g/mol. The molecule has 3 aromatic heterocycles. The zero-order valence-electron chi connectivity index (χ0n) is 14.5. The molecule has 4 aromatic rings. The maximum Gasteiger partial charge on any atom is 0.270 e. The normalized spacial score (nSPS) is 10.8. The molecule has 1 amide bonds. The minimum atomic E-state index is -0.190. The third-order valence-corrected chi connectivity index (χ3v) is 4.96. The molecule has 1 aromatic carbocycles. The van der Waals surface area contributed by atoms with Crippen molar-refractivity contribution >= 4 is 17.2 Å². The summed E-state index contributed by atoms with van der Waals surface area (Å²) in [7, 11) is 0. The van der Waals surface area contributed by atoms with Gasteiger partial charge in [0.15, 0.2) is 10.8 Å². The Balaban J connectivity index is 1.33. The van der Waals surface area contributed by atoms with Gasteiger partial charge in [-0.05, 0) is 17.7 Å². The number of nitrogens with zero attached hydrogens (tertiary/aromatic N) is 3. The highest BCUT2D eigenvalue weighted by atomic mass is 32.1. The first-order valence-corrected chi connectivity index (χ1v) is 9.49. The zero-order valence-corrected chi connectivity index (χ0v) is 15.4. The van der Waals surface area contributed by atoms with Crippen molar-refractivity contribution in [2.45, 2.75) is 13.0 Å². The summed E-state index contributed by atoms with van der Waals surface area (Å²) in [5.41, 5.74) is 1.62. The van der Waals surface area contributed by atoms with E-state index in [2.05, 4.69) is 32.0 Å². The lowest BCUT2D eigenvalue weighted by atomic mass is 10.2. The summed E-state index contributed by atoms with van der Waals surface area (Å²) >= 11 is 1.39. The average molecular weight is 378 g/mol. The number of furan rings is 1. The number of carbonyl (C=O) groups is 1. The molecule has 7 heteroatoms. The number of carbonyl (C=O) groups excluding carboxylic acids is 1. The quantitative estimate of drug-likeness (QED) is 0.533. The lowest BCUT2D eigenvalue weighted by Gasteiger charge is -2.08. The van der Waals surface area contributed by atoms with Gasteiger partial charge < -0.3 is 14.3 Å². The number of nitrogens with one attached hydrogen (secondary N) is 1. The minimum absolute atomic E-state index is 0.190. The maximum atomic E-state index is 12.3. The lowest BCUT2D eigenvalue weighted by molar-refractivity contribution is 0.0949. The van der Waals surface area contributed by atoms with Gasteiger partial charge in [-0.1, -0.05) is 30.3 Å². The maximum absolute atomic E-state index is 12.3. The van der Waals surface area contributed by atoms with Crippen molar-refractivity contribution in [1.29, 1.82) is 0 Å². The molecule has 0 atom stereocenters. The summed E-state index contributed by atoms with van der Waals surface area (Å²) in [5, 5.41) is 5.35. The number of rotatable bonds is 7. The van der Waals surface area contributed by atoms with Crippen molar-refractivity contribution in [2.75, 3.05) is 6.54 Å². The van der Waals surface area contributed by atoms with Gasteiger partial charge in [-0.2, -0.15) is 0 Å². The van der Waals surface area contributed by atoms with Crippen LogP contribution in [0.25, 0.3) is 10.8 Å². The Morgan fingerprint density at radius 3 is 2.89 bits per heavy atom. The standard InChI is InChI=1S/C20H18N4O2S/c25-19(16-14-27-20(23-16)17-7-4-12-26-17)22-9-8-18-21-10-11-24(18)13-15-5-2-1-3-6-15/h1-7,10-12,14H,8-9,13H2,(H,22,25). The molecule has 0 aliphatic rings. The molecule has 0 saturated carbocycles. The molecule has 0 unspecified atom stereocenters. The molecule has 0 saturated heterocycles. The van der Waals surface area contributed by atoms with Crippen LogP contribution < -0.4 is 5.32 Å². The van der Waals surface area contributed by atoms with Crippen LogP contribution in [0, 0.1) is 0 Å². The van der Waals surface area contributed by atoms with E-state index < -0.39 is 0 Å². The number of imidazole rings is 1. The van der Waals surface area contributed by atoms with Crippen molar-refractivity contribution in [1.82, 2.24) is 19.9 Å². The predicted molar refractivity (Wildman–Crippen MR) is 104 cm³/mol. The van der Waals surface area contributed by atoms with Crippen LogP contribution in [0.4, 0.5) is 0 Å². The highest BCUT2D eigenvalue weighted by molar-refractivity contribution is 7.13. The molecule has 0 aliphatic carbocycles. The molecular weight excluding hydrogens is 360 g/mol. The minimum Gasteiger partial charge on any atom is -0.462 e. The fourth-order valence-corrected chi connectivity index (χ4v) is 3.53. The first kappa shape index (κ1) is 17.2. The SMILES string of the molecule is O=C(NCCc1nccn1Cc1ccccc1)c1csc(-c2ccco2)n1. The second-order valence-electron chi connectivity index (χ2n) is 5.98. The molecule has 1 N–H and O–H groups in total. The fraction of sp³-hybridized carbons (Fsp3) is 0.150. The van der Waals surface area contributed by atoms with Crippen molar-refractivity contribution in [3.8, 4) is 10.8 Å². The predicted octanol–water partition coefficient (Wildman–Crippen LogP) is 3.62. The Bertz CT molecular complexity index is 1010. The summed E-state index contributed by atoms with van der Waals surface area (Å²) in [6, 6.07) is 13.9. The second kappa shape index (κ2) is 8.01. The molecule has 0 radical (unpaired) electrons. The van der Waals surface area contributed by atoms with Crippen LogP contribution in [0.15, 0.2) is 70.9 Å². The van der Waals surface area contributed by atoms with Crippen LogP contribution in [-0.2, 0) is 13.0 Å². The van der Waals surface area contributed by atoms with Crippen LogP contribution in [0.5, 0.6) is 0 Å². The van der Waals surface area contributed by atoms with Crippen LogP contribution in [0.3, 0.4) is 0 Å². The Hall–Kier alpha value is -3.19. The first-order chi connectivity index (χ1) is 13.3. The summed E-state index contributed by atoms with van der Waals surface area (Å²) in [6.45, 7) is 1.26. The molecule has 27 heavy (non-hydrogen) atoms. The van der Waals surface area contributed by atoms with Crippen LogP contribution in [-0.4, -0.2) is 27.0 Å². The topological polar surface area (TPSA) is 73.0 Å². The number of hydrogen-bond donors (Lipinski definition) is 1. The van der Waals surface area contributed by atoms with Gasteiger partial charge in [-0.25, -0.2) is 9.97 Å². The van der Waals surface area contributed by atoms with Gasteiger partial charge in [0, 0.05) is 37.3 Å². The van der Waals surface area contributed by atoms with E-state index in [9.17, 15) is 4.79 Å². The molecule has 0 spiro atoms. The first-order valence-electron chi connectivity index (χ1n) is 8.61. The van der Waals surface area contributed by atoms with Gasteiger partial charge in [-0.15, -0.1) is 11.3 Å². The van der Waals surface area contributed by atoms with Gasteiger partial charge in [0.2, 0.25) is 0 Å². The Morgan fingerprint density at radius 1 is 1.19 bits per heavy atom. The van der Waals surface area contributed by atoms with Crippen molar-refractivity contribution in [3.63, 3.8) is 0 Å². The molecule has 0 aliphatic heterocycles. The molecule has 0 fully saturated rings. The molecular formula is C20H18N4O2S. The number of benzene rings is 1. The number of hydrogen-bond acceptors (Lipinski definition) is 5. The van der Waals surface area contributed by atoms with E-state index in [0.29, 0.717) is 29.4 Å². The lowest BCUT2D eigenvalue weighted by Crippen LogP contribution is -2.26. The number of thiazole rings is 1. The molecule has 0 bridgehead atoms. The van der Waals surface area contributed by atoms with Crippen molar-refractivity contribution in [2.24, 2.45) is 0 Å². The van der Waals surface area contributed by atoms with Gasteiger partial charge >= 0.3 is 0 Å². The summed E-state index contributed by atoms with van der Waals surface area (Å²) in [6.07, 6.45) is 5.99. The largest absolute Gasteiger partial charge is 0.462 e. The zero-order chi connectivity index (χ0) is 18.5. The van der Waals surface area contributed by atoms with E-state index >= 15 is 0 Å². The van der Waals surface area contributed by atoms with Gasteiger partial charge in [0.25, 0.3) is 5.91 Å². The molecule has 6 nitrogen and oxygen atoms in total. The number of aromatic nitrogens is 3. The Kier molecular flexibility index (Phi) is 5.11. The van der Waals surface area contributed by atoms with E-state index in [1.165, 1.54) is 16.9 Å². The second-order valence-corrected chi connectivity index (χ2v) is 6.84. The van der Waals surface area contributed by atoms with E-state index in [0.717, 1.165) is 12.4 Å². The third kappa shape index (κ3) is 4.15. The Labute approximate surface area is 160 Å². The van der Waals surface area contributed by atoms with Crippen LogP contribution in [0.2, 0.25) is 0 Å². The van der Waals surface area contributed by atoms with Crippen molar-refractivity contribution in [3.05, 3.63) is 83.6 Å². The van der Waals surface area contributed by atoms with Gasteiger partial charge in [-0.3, -0.25) is 4.79 Å². The molecule has 136 valence electrons. The van der Waals surface area contributed by atoms with Crippen molar-refractivity contribution < 1.29 is 9.21 Å². The van der Waals surface area contributed by atoms with Gasteiger partial charge in [0.1, 0.15) is 11.5 Å². The van der Waals surface area contributed by atoms with Crippen LogP contribution >= 0.6 is 11.3 Å². The summed E-state index contributed by atoms with van der Waals surface area (Å²) in [4.78, 5) is 21.0. The molecule has 3 heterocycles. The average Bonchev–Trinajstić information content (AvgIpc) is 3.44. The van der Waals surface area contributed by atoms with E-state index in [4.69, 9.17) is 4.42 Å². The van der Waals surface area contributed by atoms with Gasteiger partial charge in [0.05, 0.1) is 6.26 Å². The highest BCUT2D eigenvalue weighted by Crippen LogP contribution is 2.23. The smallest absolute Gasteiger partial charge is 0.270 e. The van der Waals surface area contributed by atoms with E-state index in [1.54, 1.807) is 23.9 Å².